The second-order valence-electron chi connectivity index (χ2n) is 9.57. The van der Waals surface area contributed by atoms with Gasteiger partial charge in [0.2, 0.25) is 0 Å². The lowest BCUT2D eigenvalue weighted by molar-refractivity contribution is 0.0606. The Morgan fingerprint density at radius 3 is 2.69 bits per heavy atom. The van der Waals surface area contributed by atoms with E-state index in [1.165, 1.54) is 6.42 Å². The van der Waals surface area contributed by atoms with Gasteiger partial charge in [-0.2, -0.15) is 5.10 Å². The Labute approximate surface area is 187 Å². The summed E-state index contributed by atoms with van der Waals surface area (Å²) in [6, 6.07) is 10.4. The Balaban J connectivity index is 1.31. The highest BCUT2D eigenvalue weighted by Gasteiger charge is 2.36. The van der Waals surface area contributed by atoms with Gasteiger partial charge in [0.1, 0.15) is 5.67 Å². The molecule has 0 saturated heterocycles. The molecule has 3 aromatic rings. The van der Waals surface area contributed by atoms with E-state index in [-0.39, 0.29) is 5.91 Å². The molecule has 6 heteroatoms. The minimum atomic E-state index is -1.15. The van der Waals surface area contributed by atoms with E-state index in [2.05, 4.69) is 22.2 Å². The van der Waals surface area contributed by atoms with Crippen molar-refractivity contribution in [2.45, 2.75) is 69.7 Å². The molecule has 2 fully saturated rings. The first-order chi connectivity index (χ1) is 15.6. The van der Waals surface area contributed by atoms with Crippen molar-refractivity contribution in [2.24, 2.45) is 0 Å². The SMILES string of the molecule is O=C1c2cc(-c3ncccc3-c3cnn(CC4(F)CCCC4)c3)ccc2CN1C1CCC1. The summed E-state index contributed by atoms with van der Waals surface area (Å²) in [5.74, 6) is 0.140. The van der Waals surface area contributed by atoms with Crippen molar-refractivity contribution in [3.05, 3.63) is 60.0 Å². The molecule has 0 spiro atoms. The number of amides is 1. The first kappa shape index (κ1) is 19.6. The van der Waals surface area contributed by atoms with Crippen molar-refractivity contribution in [3.8, 4) is 22.4 Å². The molecule has 32 heavy (non-hydrogen) atoms. The molecule has 2 saturated carbocycles. The Bertz CT molecular complexity index is 1180. The first-order valence-electron chi connectivity index (χ1n) is 11.7. The maximum Gasteiger partial charge on any atom is 0.254 e. The Morgan fingerprint density at radius 2 is 1.91 bits per heavy atom. The van der Waals surface area contributed by atoms with Crippen molar-refractivity contribution >= 4 is 5.91 Å². The molecule has 164 valence electrons. The van der Waals surface area contributed by atoms with Gasteiger partial charge >= 0.3 is 0 Å². The summed E-state index contributed by atoms with van der Waals surface area (Å²) >= 11 is 0. The third kappa shape index (κ3) is 3.33. The minimum absolute atomic E-state index is 0.140. The molecule has 1 aliphatic heterocycles. The number of hydrogen-bond acceptors (Lipinski definition) is 3. The van der Waals surface area contributed by atoms with Gasteiger partial charge in [-0.15, -0.1) is 0 Å². The molecule has 0 atom stereocenters. The van der Waals surface area contributed by atoms with E-state index in [1.54, 1.807) is 17.1 Å². The lowest BCUT2D eigenvalue weighted by Crippen LogP contribution is -2.40. The fourth-order valence-electron chi connectivity index (χ4n) is 5.38. The largest absolute Gasteiger partial charge is 0.331 e. The lowest BCUT2D eigenvalue weighted by Gasteiger charge is -2.34. The number of carbonyl (C=O) groups is 1. The van der Waals surface area contributed by atoms with E-state index >= 15 is 0 Å². The summed E-state index contributed by atoms with van der Waals surface area (Å²) in [5.41, 5.74) is 4.35. The van der Waals surface area contributed by atoms with E-state index in [4.69, 9.17) is 0 Å². The van der Waals surface area contributed by atoms with Crippen molar-refractivity contribution in [1.82, 2.24) is 19.7 Å². The molecule has 0 radical (unpaired) electrons. The molecule has 0 unspecified atom stereocenters. The molecule has 3 heterocycles. The number of alkyl halides is 1. The number of pyridine rings is 1. The highest BCUT2D eigenvalue weighted by molar-refractivity contribution is 6.00. The summed E-state index contributed by atoms with van der Waals surface area (Å²) in [6.07, 6.45) is 12.0. The van der Waals surface area contributed by atoms with Gasteiger partial charge in [0.25, 0.3) is 5.91 Å². The Morgan fingerprint density at radius 1 is 1.06 bits per heavy atom. The smallest absolute Gasteiger partial charge is 0.254 e. The zero-order chi connectivity index (χ0) is 21.7. The summed E-state index contributed by atoms with van der Waals surface area (Å²) < 4.78 is 16.6. The van der Waals surface area contributed by atoms with Gasteiger partial charge in [-0.1, -0.05) is 31.0 Å². The van der Waals surface area contributed by atoms with E-state index in [0.29, 0.717) is 32.0 Å². The van der Waals surface area contributed by atoms with Crippen molar-refractivity contribution < 1.29 is 9.18 Å². The van der Waals surface area contributed by atoms with Crippen LogP contribution in [0.5, 0.6) is 0 Å². The standard InChI is InChI=1S/C26H27FN4O/c27-26(10-1-2-11-26)17-30-15-20(14-29-30)22-7-4-12-28-24(22)18-8-9-19-16-31(21-5-3-6-21)25(32)23(19)13-18/h4,7-9,12-15,21H,1-3,5-6,10-11,16-17H2. The fourth-order valence-corrected chi connectivity index (χ4v) is 5.38. The molecular weight excluding hydrogens is 403 g/mol. The number of aromatic nitrogens is 3. The predicted molar refractivity (Wildman–Crippen MR) is 121 cm³/mol. The molecule has 0 bridgehead atoms. The minimum Gasteiger partial charge on any atom is -0.331 e. The van der Waals surface area contributed by atoms with Gasteiger partial charge in [-0.05, 0) is 49.8 Å². The number of rotatable bonds is 5. The van der Waals surface area contributed by atoms with Crippen LogP contribution in [0.3, 0.4) is 0 Å². The van der Waals surface area contributed by atoms with E-state index in [0.717, 1.165) is 59.2 Å². The van der Waals surface area contributed by atoms with Crippen molar-refractivity contribution in [2.75, 3.05) is 0 Å². The lowest BCUT2D eigenvalue weighted by atomic mass is 9.92. The van der Waals surface area contributed by atoms with E-state index in [1.807, 2.05) is 29.3 Å². The molecule has 0 N–H and O–H groups in total. The van der Waals surface area contributed by atoms with Gasteiger partial charge in [-0.25, -0.2) is 4.39 Å². The second kappa shape index (κ2) is 7.54. The summed E-state index contributed by atoms with van der Waals surface area (Å²) in [6.45, 7) is 1.01. The number of hydrogen-bond donors (Lipinski definition) is 0. The van der Waals surface area contributed by atoms with Gasteiger partial charge in [-0.3, -0.25) is 14.5 Å². The number of halogens is 1. The molecular formula is C26H27FN4O. The van der Waals surface area contributed by atoms with Gasteiger partial charge in [0.05, 0.1) is 18.4 Å². The van der Waals surface area contributed by atoms with Gasteiger partial charge < -0.3 is 4.90 Å². The van der Waals surface area contributed by atoms with Crippen LogP contribution < -0.4 is 0 Å². The molecule has 1 amide bonds. The van der Waals surface area contributed by atoms with Crippen LogP contribution in [0.2, 0.25) is 0 Å². The quantitative estimate of drug-likeness (QED) is 0.544. The second-order valence-corrected chi connectivity index (χ2v) is 9.57. The maximum atomic E-state index is 14.9. The van der Waals surface area contributed by atoms with Gasteiger partial charge in [0, 0.05) is 47.2 Å². The van der Waals surface area contributed by atoms with E-state index < -0.39 is 5.67 Å². The third-order valence-corrected chi connectivity index (χ3v) is 7.43. The molecule has 3 aliphatic rings. The number of fused-ring (bicyclic) bond motifs is 1. The number of nitrogens with zero attached hydrogens (tertiary/aromatic N) is 4. The van der Waals surface area contributed by atoms with Crippen LogP contribution in [0.1, 0.15) is 60.9 Å². The zero-order valence-corrected chi connectivity index (χ0v) is 18.1. The van der Waals surface area contributed by atoms with Crippen LogP contribution in [-0.2, 0) is 13.1 Å². The number of benzene rings is 1. The Hall–Kier alpha value is -3.02. The molecule has 1 aromatic carbocycles. The average molecular weight is 431 g/mol. The summed E-state index contributed by atoms with van der Waals surface area (Å²) in [7, 11) is 0. The van der Waals surface area contributed by atoms with Crippen LogP contribution in [-0.4, -0.2) is 37.3 Å². The number of carbonyl (C=O) groups excluding carboxylic acids is 1. The molecule has 2 aliphatic carbocycles. The zero-order valence-electron chi connectivity index (χ0n) is 18.1. The topological polar surface area (TPSA) is 51.0 Å². The predicted octanol–water partition coefficient (Wildman–Crippen LogP) is 5.40. The summed E-state index contributed by atoms with van der Waals surface area (Å²) in [4.78, 5) is 19.7. The van der Waals surface area contributed by atoms with Gasteiger partial charge in [0.15, 0.2) is 0 Å². The third-order valence-electron chi connectivity index (χ3n) is 7.43. The van der Waals surface area contributed by atoms with Crippen molar-refractivity contribution in [3.63, 3.8) is 0 Å². The first-order valence-corrected chi connectivity index (χ1v) is 11.7. The van der Waals surface area contributed by atoms with Crippen LogP contribution >= 0.6 is 0 Å². The maximum absolute atomic E-state index is 14.9. The highest BCUT2D eigenvalue weighted by Crippen LogP contribution is 2.37. The summed E-state index contributed by atoms with van der Waals surface area (Å²) in [5, 5.41) is 4.44. The molecule has 5 nitrogen and oxygen atoms in total. The molecule has 2 aromatic heterocycles. The Kier molecular flexibility index (Phi) is 4.63. The van der Waals surface area contributed by atoms with Crippen LogP contribution in [0.25, 0.3) is 22.4 Å². The van der Waals surface area contributed by atoms with Crippen LogP contribution in [0.4, 0.5) is 4.39 Å². The molecule has 6 rings (SSSR count). The fraction of sp³-hybridized carbons (Fsp3) is 0.423. The monoisotopic (exact) mass is 430 g/mol. The van der Waals surface area contributed by atoms with E-state index in [9.17, 15) is 9.18 Å². The van der Waals surface area contributed by atoms with Crippen molar-refractivity contribution in [1.29, 1.82) is 0 Å². The van der Waals surface area contributed by atoms with Crippen LogP contribution in [0, 0.1) is 0 Å². The van der Waals surface area contributed by atoms with Crippen LogP contribution in [0.15, 0.2) is 48.9 Å². The average Bonchev–Trinajstić information content (AvgIpc) is 3.47. The highest BCUT2D eigenvalue weighted by atomic mass is 19.1. The normalized spacial score (nSPS) is 19.9.